The lowest BCUT2D eigenvalue weighted by atomic mass is 10.1. The van der Waals surface area contributed by atoms with Gasteiger partial charge in [-0.15, -0.1) is 5.11 Å². The van der Waals surface area contributed by atoms with Gasteiger partial charge in [-0.05, 0) is 78.3 Å². The predicted molar refractivity (Wildman–Crippen MR) is 121 cm³/mol. The van der Waals surface area contributed by atoms with Crippen LogP contribution in [0.15, 0.2) is 58.9 Å². The lowest BCUT2D eigenvalue weighted by molar-refractivity contribution is 0.0526. The molecule has 29 heavy (non-hydrogen) atoms. The average Bonchev–Trinajstić information content (AvgIpc) is 3.25. The Kier molecular flexibility index (Phi) is 7.76. The predicted octanol–water partition coefficient (Wildman–Crippen LogP) is 5.31. The molecule has 1 saturated heterocycles. The number of esters is 1. The van der Waals surface area contributed by atoms with E-state index in [2.05, 4.69) is 32.9 Å². The van der Waals surface area contributed by atoms with E-state index < -0.39 is 6.10 Å². The maximum Gasteiger partial charge on any atom is 0.338 e. The normalized spacial score (nSPS) is 15.3. The van der Waals surface area contributed by atoms with Crippen LogP contribution in [0.25, 0.3) is 6.08 Å². The monoisotopic (exact) mass is 505 g/mol. The Morgan fingerprint density at radius 2 is 1.97 bits per heavy atom. The van der Waals surface area contributed by atoms with Crippen LogP contribution in [0, 0.1) is 3.57 Å². The molecular weight excluding hydrogens is 481 g/mol. The molecule has 2 aromatic rings. The highest BCUT2D eigenvalue weighted by Crippen LogP contribution is 2.26. The number of hydrogen-bond donors (Lipinski definition) is 1. The number of aliphatic hydroxyl groups is 1. The maximum absolute atomic E-state index is 12.1. The highest BCUT2D eigenvalue weighted by Gasteiger charge is 2.12. The summed E-state index contributed by atoms with van der Waals surface area (Å²) in [7, 11) is 0. The van der Waals surface area contributed by atoms with Gasteiger partial charge in [-0.3, -0.25) is 5.01 Å². The Morgan fingerprint density at radius 3 is 2.66 bits per heavy atom. The number of aliphatic hydroxyl groups excluding tert-OH is 1. The van der Waals surface area contributed by atoms with Gasteiger partial charge >= 0.3 is 5.97 Å². The molecule has 152 valence electrons. The second-order valence-corrected chi connectivity index (χ2v) is 7.95. The zero-order valence-corrected chi connectivity index (χ0v) is 18.4. The highest BCUT2D eigenvalue weighted by atomic mass is 127. The van der Waals surface area contributed by atoms with Gasteiger partial charge in [0.15, 0.2) is 0 Å². The molecule has 0 saturated carbocycles. The third kappa shape index (κ3) is 6.11. The number of nitrogens with zero attached hydrogens (tertiary/aromatic N) is 3. The van der Waals surface area contributed by atoms with Gasteiger partial charge in [0, 0.05) is 22.2 Å². The second-order valence-electron chi connectivity index (χ2n) is 6.70. The summed E-state index contributed by atoms with van der Waals surface area (Å²) in [5.74, 6) is -0.386. The van der Waals surface area contributed by atoms with Crippen LogP contribution in [0.4, 0.5) is 5.69 Å². The molecule has 0 aliphatic carbocycles. The van der Waals surface area contributed by atoms with Crippen LogP contribution < -0.4 is 0 Å². The number of ether oxygens (including phenoxy) is 1. The van der Waals surface area contributed by atoms with Gasteiger partial charge in [0.1, 0.15) is 0 Å². The average molecular weight is 505 g/mol. The topological polar surface area (TPSA) is 74.5 Å². The number of benzene rings is 2. The standard InChI is InChI=1S/C22H24IN3O3/c1-2-29-22(28)18-7-11-20(24-25-26-13-3-4-14-26)17(15-18)8-12-21(27)16-5-9-19(23)10-6-16/h5-12,15,21,27H,2-4,13-14H2,1H3/b12-8+,25-24?. The number of halogens is 1. The fourth-order valence-electron chi connectivity index (χ4n) is 2.99. The molecule has 2 aromatic carbocycles. The smallest absolute Gasteiger partial charge is 0.338 e. The van der Waals surface area contributed by atoms with Crippen molar-refractivity contribution in [3.8, 4) is 0 Å². The second kappa shape index (κ2) is 10.5. The molecule has 6 nitrogen and oxygen atoms in total. The first-order valence-electron chi connectivity index (χ1n) is 9.66. The summed E-state index contributed by atoms with van der Waals surface area (Å²) in [6, 6.07) is 12.8. The summed E-state index contributed by atoms with van der Waals surface area (Å²) < 4.78 is 6.20. The fourth-order valence-corrected chi connectivity index (χ4v) is 3.35. The molecule has 1 aliphatic rings. The van der Waals surface area contributed by atoms with Crippen molar-refractivity contribution in [2.45, 2.75) is 25.9 Å². The fraction of sp³-hybridized carbons (Fsp3) is 0.318. The van der Waals surface area contributed by atoms with Crippen molar-refractivity contribution in [1.29, 1.82) is 0 Å². The van der Waals surface area contributed by atoms with E-state index in [-0.39, 0.29) is 5.97 Å². The molecule has 3 rings (SSSR count). The van der Waals surface area contributed by atoms with Gasteiger partial charge < -0.3 is 9.84 Å². The first-order chi connectivity index (χ1) is 14.1. The number of rotatable bonds is 7. The van der Waals surface area contributed by atoms with Gasteiger partial charge in [-0.25, -0.2) is 4.79 Å². The minimum Gasteiger partial charge on any atom is -0.462 e. The molecule has 1 aliphatic heterocycles. The summed E-state index contributed by atoms with van der Waals surface area (Å²) in [5, 5.41) is 21.1. The van der Waals surface area contributed by atoms with Crippen molar-refractivity contribution in [3.63, 3.8) is 0 Å². The zero-order valence-electron chi connectivity index (χ0n) is 16.3. The Labute approximate surface area is 184 Å². The zero-order chi connectivity index (χ0) is 20.6. The lowest BCUT2D eigenvalue weighted by Gasteiger charge is -2.10. The number of carbonyl (C=O) groups is 1. The summed E-state index contributed by atoms with van der Waals surface area (Å²) >= 11 is 2.23. The lowest BCUT2D eigenvalue weighted by Crippen LogP contribution is -2.09. The third-order valence-electron chi connectivity index (χ3n) is 4.57. The van der Waals surface area contributed by atoms with Crippen LogP contribution in [0.1, 0.15) is 47.4 Å². The molecule has 0 spiro atoms. The van der Waals surface area contributed by atoms with E-state index in [4.69, 9.17) is 4.74 Å². The maximum atomic E-state index is 12.1. The number of carbonyl (C=O) groups excluding carboxylic acids is 1. The van der Waals surface area contributed by atoms with Crippen LogP contribution in [-0.4, -0.2) is 35.8 Å². The molecule has 0 radical (unpaired) electrons. The van der Waals surface area contributed by atoms with E-state index in [1.54, 1.807) is 37.3 Å². The molecule has 7 heteroatoms. The first kappa shape index (κ1) is 21.4. The minimum atomic E-state index is -0.762. The Hall–Kier alpha value is -2.26. The van der Waals surface area contributed by atoms with E-state index >= 15 is 0 Å². The van der Waals surface area contributed by atoms with E-state index in [1.807, 2.05) is 29.3 Å². The van der Waals surface area contributed by atoms with Crippen LogP contribution in [0.5, 0.6) is 0 Å². The quantitative estimate of drug-likeness (QED) is 0.315. The van der Waals surface area contributed by atoms with Crippen molar-refractivity contribution in [3.05, 3.63) is 68.8 Å². The van der Waals surface area contributed by atoms with Gasteiger partial charge in [0.25, 0.3) is 0 Å². The summed E-state index contributed by atoms with van der Waals surface area (Å²) in [6.07, 6.45) is 4.93. The van der Waals surface area contributed by atoms with Crippen molar-refractivity contribution in [2.24, 2.45) is 10.3 Å². The molecule has 0 amide bonds. The SMILES string of the molecule is CCOC(=O)c1ccc(N=NN2CCCC2)c(/C=C/C(O)c2ccc(I)cc2)c1. The Bertz CT molecular complexity index is 891. The Morgan fingerprint density at radius 1 is 1.24 bits per heavy atom. The summed E-state index contributed by atoms with van der Waals surface area (Å²) in [6.45, 7) is 3.89. The molecule has 1 heterocycles. The number of hydrogen-bond acceptors (Lipinski definition) is 5. The van der Waals surface area contributed by atoms with Gasteiger partial charge in [-0.2, -0.15) is 0 Å². The van der Waals surface area contributed by atoms with Gasteiger partial charge in [-0.1, -0.05) is 29.5 Å². The summed E-state index contributed by atoms with van der Waals surface area (Å²) in [4.78, 5) is 12.1. The van der Waals surface area contributed by atoms with Gasteiger partial charge in [0.2, 0.25) is 0 Å². The van der Waals surface area contributed by atoms with Crippen LogP contribution in [-0.2, 0) is 4.74 Å². The molecule has 0 aromatic heterocycles. The highest BCUT2D eigenvalue weighted by molar-refractivity contribution is 14.1. The molecule has 1 atom stereocenters. The molecule has 1 fully saturated rings. The van der Waals surface area contributed by atoms with Crippen molar-refractivity contribution >= 4 is 40.3 Å². The van der Waals surface area contributed by atoms with Crippen LogP contribution in [0.2, 0.25) is 0 Å². The van der Waals surface area contributed by atoms with Crippen LogP contribution in [0.3, 0.4) is 0 Å². The Balaban J connectivity index is 1.86. The van der Waals surface area contributed by atoms with E-state index in [9.17, 15) is 9.90 Å². The van der Waals surface area contributed by atoms with Crippen molar-refractivity contribution in [2.75, 3.05) is 19.7 Å². The molecular formula is C22H24IN3O3. The molecule has 1 N–H and O–H groups in total. The third-order valence-corrected chi connectivity index (χ3v) is 5.29. The van der Waals surface area contributed by atoms with Crippen molar-refractivity contribution in [1.82, 2.24) is 5.01 Å². The summed E-state index contributed by atoms with van der Waals surface area (Å²) in [5.41, 5.74) is 2.57. The minimum absolute atomic E-state index is 0.311. The largest absolute Gasteiger partial charge is 0.462 e. The first-order valence-corrected chi connectivity index (χ1v) is 10.7. The van der Waals surface area contributed by atoms with Crippen molar-refractivity contribution < 1.29 is 14.6 Å². The van der Waals surface area contributed by atoms with E-state index in [0.717, 1.165) is 35.1 Å². The van der Waals surface area contributed by atoms with Crippen LogP contribution >= 0.6 is 22.6 Å². The van der Waals surface area contributed by atoms with E-state index in [0.29, 0.717) is 23.4 Å². The van der Waals surface area contributed by atoms with Gasteiger partial charge in [0.05, 0.1) is 24.0 Å². The molecule has 1 unspecified atom stereocenters. The molecule has 0 bridgehead atoms. The van der Waals surface area contributed by atoms with E-state index in [1.165, 1.54) is 0 Å².